The normalized spacial score (nSPS) is 12.7. The summed E-state index contributed by atoms with van der Waals surface area (Å²) < 4.78 is 11.2. The van der Waals surface area contributed by atoms with E-state index in [2.05, 4.69) is 18.8 Å². The molecular formula is C15H18ClNO2. The Morgan fingerprint density at radius 1 is 1.21 bits per heavy atom. The lowest BCUT2D eigenvalue weighted by Gasteiger charge is -2.08. The molecule has 0 aliphatic heterocycles. The van der Waals surface area contributed by atoms with Crippen molar-refractivity contribution in [1.29, 1.82) is 0 Å². The molecule has 0 fully saturated rings. The second kappa shape index (κ2) is 6.11. The SMILES string of the molecule is CC(C)COc1ccc(-c2cnc([C@H](C)Cl)o2)cc1. The van der Waals surface area contributed by atoms with Crippen LogP contribution in [0.25, 0.3) is 11.3 Å². The van der Waals surface area contributed by atoms with E-state index in [0.29, 0.717) is 11.8 Å². The van der Waals surface area contributed by atoms with Crippen LogP contribution in [0.15, 0.2) is 34.9 Å². The Hall–Kier alpha value is -1.48. The van der Waals surface area contributed by atoms with E-state index in [1.165, 1.54) is 0 Å². The Kier molecular flexibility index (Phi) is 4.48. The number of rotatable bonds is 5. The highest BCUT2D eigenvalue weighted by Gasteiger charge is 2.10. The van der Waals surface area contributed by atoms with Crippen LogP contribution in [0.3, 0.4) is 0 Å². The van der Waals surface area contributed by atoms with Gasteiger partial charge in [0, 0.05) is 5.56 Å². The van der Waals surface area contributed by atoms with Crippen LogP contribution in [-0.4, -0.2) is 11.6 Å². The zero-order chi connectivity index (χ0) is 13.8. The molecule has 0 saturated carbocycles. The Morgan fingerprint density at radius 3 is 2.42 bits per heavy atom. The van der Waals surface area contributed by atoms with Gasteiger partial charge < -0.3 is 9.15 Å². The molecule has 1 aromatic heterocycles. The minimum absolute atomic E-state index is 0.220. The highest BCUT2D eigenvalue weighted by atomic mass is 35.5. The summed E-state index contributed by atoms with van der Waals surface area (Å²) in [5.74, 6) is 2.64. The molecule has 0 aliphatic carbocycles. The Bertz CT molecular complexity index is 517. The third-order valence-electron chi connectivity index (χ3n) is 2.59. The van der Waals surface area contributed by atoms with Gasteiger partial charge in [0.1, 0.15) is 11.1 Å². The number of hydrogen-bond donors (Lipinski definition) is 0. The van der Waals surface area contributed by atoms with Crippen LogP contribution in [0.4, 0.5) is 0 Å². The first kappa shape index (κ1) is 13.9. The number of ether oxygens (including phenoxy) is 1. The molecule has 0 saturated heterocycles. The van der Waals surface area contributed by atoms with Crippen molar-refractivity contribution in [2.45, 2.75) is 26.1 Å². The summed E-state index contributed by atoms with van der Waals surface area (Å²) in [4.78, 5) is 4.14. The topological polar surface area (TPSA) is 35.3 Å². The zero-order valence-electron chi connectivity index (χ0n) is 11.4. The molecule has 0 N–H and O–H groups in total. The summed E-state index contributed by atoms with van der Waals surface area (Å²) in [5, 5.41) is -0.220. The quantitative estimate of drug-likeness (QED) is 0.746. The lowest BCUT2D eigenvalue weighted by atomic mass is 10.2. The van der Waals surface area contributed by atoms with Crippen LogP contribution in [-0.2, 0) is 0 Å². The number of oxazole rings is 1. The predicted molar refractivity (Wildman–Crippen MR) is 76.5 cm³/mol. The summed E-state index contributed by atoms with van der Waals surface area (Å²) in [5.41, 5.74) is 0.966. The second-order valence-corrected chi connectivity index (χ2v) is 5.56. The standard InChI is InChI=1S/C15H18ClNO2/c1-10(2)9-18-13-6-4-12(5-7-13)14-8-17-15(19-14)11(3)16/h4-8,10-11H,9H2,1-3H3/t11-/m0/s1. The van der Waals surface area contributed by atoms with E-state index in [-0.39, 0.29) is 5.38 Å². The van der Waals surface area contributed by atoms with E-state index in [4.69, 9.17) is 20.8 Å². The number of benzene rings is 1. The summed E-state index contributed by atoms with van der Waals surface area (Å²) >= 11 is 5.92. The van der Waals surface area contributed by atoms with E-state index < -0.39 is 0 Å². The molecule has 4 heteroatoms. The molecule has 0 spiro atoms. The second-order valence-electron chi connectivity index (χ2n) is 4.91. The molecule has 0 amide bonds. The van der Waals surface area contributed by atoms with Crippen LogP contribution in [0, 0.1) is 5.92 Å². The maximum atomic E-state index is 5.92. The fourth-order valence-corrected chi connectivity index (χ4v) is 1.68. The first-order valence-electron chi connectivity index (χ1n) is 6.39. The first-order valence-corrected chi connectivity index (χ1v) is 6.83. The molecule has 1 atom stereocenters. The van der Waals surface area contributed by atoms with Crippen LogP contribution >= 0.6 is 11.6 Å². The molecule has 0 radical (unpaired) electrons. The van der Waals surface area contributed by atoms with Gasteiger partial charge in [-0.15, -0.1) is 11.6 Å². The van der Waals surface area contributed by atoms with Gasteiger partial charge in [-0.05, 0) is 37.1 Å². The molecule has 102 valence electrons. The van der Waals surface area contributed by atoms with Crippen LogP contribution in [0.2, 0.25) is 0 Å². The summed E-state index contributed by atoms with van der Waals surface area (Å²) in [6.07, 6.45) is 1.69. The molecule has 2 aromatic rings. The molecule has 2 rings (SSSR count). The van der Waals surface area contributed by atoms with Crippen LogP contribution < -0.4 is 4.74 Å². The number of halogens is 1. The van der Waals surface area contributed by atoms with Gasteiger partial charge in [-0.3, -0.25) is 0 Å². The van der Waals surface area contributed by atoms with E-state index in [1.807, 2.05) is 31.2 Å². The fraction of sp³-hybridized carbons (Fsp3) is 0.400. The van der Waals surface area contributed by atoms with Crippen molar-refractivity contribution in [2.75, 3.05) is 6.61 Å². The van der Waals surface area contributed by atoms with Gasteiger partial charge in [0.25, 0.3) is 0 Å². The Labute approximate surface area is 118 Å². The van der Waals surface area contributed by atoms with Crippen molar-refractivity contribution >= 4 is 11.6 Å². The zero-order valence-corrected chi connectivity index (χ0v) is 12.1. The van der Waals surface area contributed by atoms with Crippen molar-refractivity contribution < 1.29 is 9.15 Å². The van der Waals surface area contributed by atoms with E-state index in [1.54, 1.807) is 6.20 Å². The number of hydrogen-bond acceptors (Lipinski definition) is 3. The Balaban J connectivity index is 2.08. The average molecular weight is 280 g/mol. The molecule has 19 heavy (non-hydrogen) atoms. The molecule has 1 aromatic carbocycles. The van der Waals surface area contributed by atoms with Gasteiger partial charge >= 0.3 is 0 Å². The maximum absolute atomic E-state index is 5.92. The largest absolute Gasteiger partial charge is 0.493 e. The van der Waals surface area contributed by atoms with Crippen molar-refractivity contribution in [2.24, 2.45) is 5.92 Å². The highest BCUT2D eigenvalue weighted by Crippen LogP contribution is 2.27. The number of nitrogens with zero attached hydrogens (tertiary/aromatic N) is 1. The number of alkyl halides is 1. The number of aromatic nitrogens is 1. The van der Waals surface area contributed by atoms with Gasteiger partial charge in [-0.25, -0.2) is 4.98 Å². The van der Waals surface area contributed by atoms with Gasteiger partial charge in [-0.2, -0.15) is 0 Å². The molecular weight excluding hydrogens is 262 g/mol. The summed E-state index contributed by atoms with van der Waals surface area (Å²) in [7, 11) is 0. The van der Waals surface area contributed by atoms with E-state index >= 15 is 0 Å². The van der Waals surface area contributed by atoms with Gasteiger partial charge in [0.2, 0.25) is 5.89 Å². The smallest absolute Gasteiger partial charge is 0.212 e. The molecule has 0 aliphatic rings. The minimum Gasteiger partial charge on any atom is -0.493 e. The van der Waals surface area contributed by atoms with Gasteiger partial charge in [-0.1, -0.05) is 13.8 Å². The lowest BCUT2D eigenvalue weighted by Crippen LogP contribution is -2.04. The molecule has 0 bridgehead atoms. The van der Waals surface area contributed by atoms with Crippen molar-refractivity contribution in [3.8, 4) is 17.1 Å². The summed E-state index contributed by atoms with van der Waals surface area (Å²) in [6.45, 7) is 6.80. The maximum Gasteiger partial charge on any atom is 0.212 e. The fourth-order valence-electron chi connectivity index (χ4n) is 1.58. The van der Waals surface area contributed by atoms with Crippen LogP contribution in [0.1, 0.15) is 32.0 Å². The van der Waals surface area contributed by atoms with Gasteiger partial charge in [0.05, 0.1) is 12.8 Å². The van der Waals surface area contributed by atoms with Crippen molar-refractivity contribution in [3.63, 3.8) is 0 Å². The highest BCUT2D eigenvalue weighted by molar-refractivity contribution is 6.20. The summed E-state index contributed by atoms with van der Waals surface area (Å²) in [6, 6.07) is 7.78. The average Bonchev–Trinajstić information content (AvgIpc) is 2.86. The van der Waals surface area contributed by atoms with Crippen molar-refractivity contribution in [3.05, 3.63) is 36.4 Å². The van der Waals surface area contributed by atoms with E-state index in [9.17, 15) is 0 Å². The van der Waals surface area contributed by atoms with Gasteiger partial charge in [0.15, 0.2) is 5.76 Å². The van der Waals surface area contributed by atoms with Crippen LogP contribution in [0.5, 0.6) is 5.75 Å². The Morgan fingerprint density at radius 2 is 1.89 bits per heavy atom. The molecule has 0 unspecified atom stereocenters. The third-order valence-corrected chi connectivity index (χ3v) is 2.77. The minimum atomic E-state index is -0.220. The van der Waals surface area contributed by atoms with E-state index in [0.717, 1.165) is 23.7 Å². The lowest BCUT2D eigenvalue weighted by molar-refractivity contribution is 0.271. The molecule has 3 nitrogen and oxygen atoms in total. The molecule has 1 heterocycles. The monoisotopic (exact) mass is 279 g/mol. The van der Waals surface area contributed by atoms with Crippen molar-refractivity contribution in [1.82, 2.24) is 4.98 Å². The predicted octanol–water partition coefficient (Wildman–Crippen LogP) is 4.68. The first-order chi connectivity index (χ1) is 9.06. The third kappa shape index (κ3) is 3.74.